The quantitative estimate of drug-likeness (QED) is 0.222. The van der Waals surface area contributed by atoms with Crippen molar-refractivity contribution in [3.63, 3.8) is 0 Å². The second-order valence-electron chi connectivity index (χ2n) is 9.35. The molecule has 5 nitrogen and oxygen atoms in total. The Kier molecular flexibility index (Phi) is 7.17. The highest BCUT2D eigenvalue weighted by atomic mass is 35.5. The van der Waals surface area contributed by atoms with E-state index in [-0.39, 0.29) is 11.5 Å². The second-order valence-corrected chi connectivity index (χ2v) is 10.7. The summed E-state index contributed by atoms with van der Waals surface area (Å²) in [5, 5.41) is 1.74. The molecule has 5 rings (SSSR count). The molecule has 3 aromatic carbocycles. The maximum atomic E-state index is 13.8. The van der Waals surface area contributed by atoms with Gasteiger partial charge in [-0.2, -0.15) is 0 Å². The Bertz CT molecular complexity index is 1490. The zero-order chi connectivity index (χ0) is 25.2. The summed E-state index contributed by atoms with van der Waals surface area (Å²) in [6.45, 7) is 5.59. The average molecular weight is 518 g/mol. The van der Waals surface area contributed by atoms with Crippen LogP contribution in [0.1, 0.15) is 46.3 Å². The molecule has 0 spiro atoms. The predicted octanol–water partition coefficient (Wildman–Crippen LogP) is 6.57. The molecule has 1 aliphatic rings. The van der Waals surface area contributed by atoms with Crippen molar-refractivity contribution >= 4 is 40.2 Å². The fourth-order valence-corrected chi connectivity index (χ4v) is 6.04. The molecule has 7 heteroatoms. The monoisotopic (exact) mass is 517 g/mol. The van der Waals surface area contributed by atoms with Gasteiger partial charge in [-0.3, -0.25) is 14.2 Å². The molecule has 0 atom stereocenters. The molecule has 2 heterocycles. The van der Waals surface area contributed by atoms with Gasteiger partial charge in [0.15, 0.2) is 5.16 Å². The Morgan fingerprint density at radius 1 is 0.972 bits per heavy atom. The SMILES string of the molecule is Cc1cc(C)cc(-n2c(SCc3ccccc3Cl)nc3cc(C(=O)N4CCCCC4)ccc3c2=O)c1. The molecule has 0 N–H and O–H groups in total. The van der Waals surface area contributed by atoms with Gasteiger partial charge >= 0.3 is 0 Å². The van der Waals surface area contributed by atoms with Gasteiger partial charge in [0.2, 0.25) is 0 Å². The Morgan fingerprint density at radius 2 is 1.69 bits per heavy atom. The summed E-state index contributed by atoms with van der Waals surface area (Å²) in [6, 6.07) is 19.0. The van der Waals surface area contributed by atoms with E-state index >= 15 is 0 Å². The van der Waals surface area contributed by atoms with Crippen molar-refractivity contribution in [2.45, 2.75) is 44.0 Å². The van der Waals surface area contributed by atoms with E-state index in [1.165, 1.54) is 11.8 Å². The number of piperidine rings is 1. The largest absolute Gasteiger partial charge is 0.339 e. The summed E-state index contributed by atoms with van der Waals surface area (Å²) in [7, 11) is 0. The Balaban J connectivity index is 1.62. The number of halogens is 1. The van der Waals surface area contributed by atoms with Crippen LogP contribution < -0.4 is 5.56 Å². The first-order valence-electron chi connectivity index (χ1n) is 12.2. The van der Waals surface area contributed by atoms with Crippen molar-refractivity contribution < 1.29 is 4.79 Å². The molecule has 1 fully saturated rings. The van der Waals surface area contributed by atoms with Gasteiger partial charge in [0.1, 0.15) is 0 Å². The lowest BCUT2D eigenvalue weighted by atomic mass is 10.1. The lowest BCUT2D eigenvalue weighted by Crippen LogP contribution is -2.35. The Hall–Kier alpha value is -3.09. The number of aryl methyl sites for hydroxylation is 2. The normalized spacial score (nSPS) is 13.8. The summed E-state index contributed by atoms with van der Waals surface area (Å²) >= 11 is 7.86. The minimum Gasteiger partial charge on any atom is -0.339 e. The van der Waals surface area contributed by atoms with E-state index in [0.717, 1.165) is 54.7 Å². The molecule has 184 valence electrons. The molecule has 0 unspecified atom stereocenters. The number of hydrogen-bond acceptors (Lipinski definition) is 4. The minimum absolute atomic E-state index is 0.00200. The molecule has 0 radical (unpaired) electrons. The van der Waals surface area contributed by atoms with Crippen molar-refractivity contribution in [3.8, 4) is 5.69 Å². The highest BCUT2D eigenvalue weighted by Crippen LogP contribution is 2.28. The maximum absolute atomic E-state index is 13.8. The highest BCUT2D eigenvalue weighted by molar-refractivity contribution is 7.98. The van der Waals surface area contributed by atoms with Gasteiger partial charge in [-0.05, 0) is 86.2 Å². The highest BCUT2D eigenvalue weighted by Gasteiger charge is 2.20. The molecule has 0 saturated carbocycles. The average Bonchev–Trinajstić information content (AvgIpc) is 2.87. The van der Waals surface area contributed by atoms with E-state index in [1.54, 1.807) is 22.8 Å². The number of hydrogen-bond donors (Lipinski definition) is 0. The lowest BCUT2D eigenvalue weighted by Gasteiger charge is -2.26. The zero-order valence-electron chi connectivity index (χ0n) is 20.5. The van der Waals surface area contributed by atoms with Crippen LogP contribution in [0.2, 0.25) is 5.02 Å². The number of amides is 1. The number of thioether (sulfide) groups is 1. The fourth-order valence-electron chi connectivity index (χ4n) is 4.74. The van der Waals surface area contributed by atoms with Crippen LogP contribution in [0.5, 0.6) is 0 Å². The minimum atomic E-state index is -0.149. The molecule has 1 aromatic heterocycles. The van der Waals surface area contributed by atoms with Gasteiger partial charge in [-0.25, -0.2) is 4.98 Å². The van der Waals surface area contributed by atoms with E-state index < -0.39 is 0 Å². The number of fused-ring (bicyclic) bond motifs is 1. The van der Waals surface area contributed by atoms with Gasteiger partial charge in [0, 0.05) is 29.4 Å². The molecular formula is C29H28ClN3O2S. The fraction of sp³-hybridized carbons (Fsp3) is 0.276. The van der Waals surface area contributed by atoms with Crippen molar-refractivity contribution in [3.05, 3.63) is 98.3 Å². The van der Waals surface area contributed by atoms with Crippen LogP contribution in [0.3, 0.4) is 0 Å². The first-order valence-corrected chi connectivity index (χ1v) is 13.6. The number of likely N-dealkylation sites (tertiary alicyclic amines) is 1. The van der Waals surface area contributed by atoms with Crippen molar-refractivity contribution in [2.75, 3.05) is 13.1 Å². The number of rotatable bonds is 5. The summed E-state index contributed by atoms with van der Waals surface area (Å²) in [4.78, 5) is 33.8. The molecule has 0 aliphatic carbocycles. The number of aromatic nitrogens is 2. The summed E-state index contributed by atoms with van der Waals surface area (Å²) < 4.78 is 1.68. The molecule has 36 heavy (non-hydrogen) atoms. The topological polar surface area (TPSA) is 55.2 Å². The predicted molar refractivity (Wildman–Crippen MR) is 148 cm³/mol. The molecule has 1 amide bonds. The van der Waals surface area contributed by atoms with Gasteiger partial charge in [0.25, 0.3) is 11.5 Å². The second kappa shape index (κ2) is 10.5. The van der Waals surface area contributed by atoms with E-state index in [4.69, 9.17) is 16.6 Å². The van der Waals surface area contributed by atoms with Gasteiger partial charge in [-0.15, -0.1) is 0 Å². The Morgan fingerprint density at radius 3 is 2.42 bits per heavy atom. The van der Waals surface area contributed by atoms with E-state index in [2.05, 4.69) is 6.07 Å². The standard InChI is InChI=1S/C29H28ClN3O2S/c1-19-14-20(2)16-23(15-19)33-28(35)24-11-10-21(27(34)32-12-6-3-7-13-32)17-26(24)31-29(33)36-18-22-8-4-5-9-25(22)30/h4-5,8-11,14-17H,3,6-7,12-13,18H2,1-2H3. The van der Waals surface area contributed by atoms with Crippen molar-refractivity contribution in [1.29, 1.82) is 0 Å². The molecule has 1 aliphatic heterocycles. The van der Waals surface area contributed by atoms with Crippen molar-refractivity contribution in [1.82, 2.24) is 14.5 Å². The third-order valence-corrected chi connectivity index (χ3v) is 7.86. The molecule has 1 saturated heterocycles. The van der Waals surface area contributed by atoms with Gasteiger partial charge in [-0.1, -0.05) is 47.6 Å². The lowest BCUT2D eigenvalue weighted by molar-refractivity contribution is 0.0724. The zero-order valence-corrected chi connectivity index (χ0v) is 22.0. The number of carbonyl (C=O) groups excluding carboxylic acids is 1. The summed E-state index contributed by atoms with van der Waals surface area (Å²) in [6.07, 6.45) is 3.22. The summed E-state index contributed by atoms with van der Waals surface area (Å²) in [5.74, 6) is 0.566. The number of carbonyl (C=O) groups is 1. The molecule has 4 aromatic rings. The van der Waals surface area contributed by atoms with Crippen LogP contribution in [0.15, 0.2) is 70.6 Å². The van der Waals surface area contributed by atoms with Crippen LogP contribution in [0.25, 0.3) is 16.6 Å². The van der Waals surface area contributed by atoms with E-state index in [0.29, 0.717) is 32.4 Å². The smallest absolute Gasteiger partial charge is 0.266 e. The third kappa shape index (κ3) is 5.06. The van der Waals surface area contributed by atoms with Crippen LogP contribution in [-0.2, 0) is 5.75 Å². The van der Waals surface area contributed by atoms with Crippen LogP contribution >= 0.6 is 23.4 Å². The number of nitrogens with zero attached hydrogens (tertiary/aromatic N) is 3. The van der Waals surface area contributed by atoms with Gasteiger partial charge in [0.05, 0.1) is 16.6 Å². The Labute approximate surface area is 220 Å². The van der Waals surface area contributed by atoms with Crippen LogP contribution in [-0.4, -0.2) is 33.4 Å². The van der Waals surface area contributed by atoms with Crippen LogP contribution in [0.4, 0.5) is 0 Å². The summed E-state index contributed by atoms with van der Waals surface area (Å²) in [5.41, 5.74) is 4.85. The van der Waals surface area contributed by atoms with E-state index in [9.17, 15) is 9.59 Å². The van der Waals surface area contributed by atoms with Gasteiger partial charge < -0.3 is 4.90 Å². The molecule has 0 bridgehead atoms. The first kappa shape index (κ1) is 24.6. The van der Waals surface area contributed by atoms with Crippen LogP contribution in [0, 0.1) is 13.8 Å². The van der Waals surface area contributed by atoms with Crippen molar-refractivity contribution in [2.24, 2.45) is 0 Å². The number of benzene rings is 3. The first-order chi connectivity index (χ1) is 17.4. The van der Waals surface area contributed by atoms with E-state index in [1.807, 2.05) is 55.1 Å². The molecular weight excluding hydrogens is 490 g/mol. The third-order valence-electron chi connectivity index (χ3n) is 6.51. The maximum Gasteiger partial charge on any atom is 0.266 e.